The van der Waals surface area contributed by atoms with E-state index in [-0.39, 0.29) is 11.6 Å². The number of carboxylic acids is 1. The van der Waals surface area contributed by atoms with Gasteiger partial charge in [0.05, 0.1) is 15.7 Å². The van der Waals surface area contributed by atoms with Crippen molar-refractivity contribution in [1.82, 2.24) is 4.90 Å². The number of amides is 2. The maximum absolute atomic E-state index is 11.9. The van der Waals surface area contributed by atoms with E-state index in [9.17, 15) is 9.59 Å². The Kier molecular flexibility index (Phi) is 5.66. The molecule has 0 spiro atoms. The molecule has 19 heavy (non-hydrogen) atoms. The number of rotatable bonds is 5. The minimum absolute atomic E-state index is 0.107. The molecule has 0 unspecified atom stereocenters. The Labute approximate surface area is 120 Å². The van der Waals surface area contributed by atoms with Gasteiger partial charge in [-0.25, -0.2) is 4.79 Å². The lowest BCUT2D eigenvalue weighted by Gasteiger charge is -2.20. The van der Waals surface area contributed by atoms with Crippen LogP contribution in [-0.2, 0) is 4.79 Å². The first kappa shape index (κ1) is 15.3. The van der Waals surface area contributed by atoms with Gasteiger partial charge in [-0.1, -0.05) is 35.3 Å². The summed E-state index contributed by atoms with van der Waals surface area (Å²) in [5.41, 5.74) is 0.318. The zero-order valence-corrected chi connectivity index (χ0v) is 11.4. The second kappa shape index (κ2) is 7.01. The second-order valence-corrected chi connectivity index (χ2v) is 4.38. The van der Waals surface area contributed by atoms with Crippen LogP contribution in [0, 0.1) is 0 Å². The van der Waals surface area contributed by atoms with Crippen molar-refractivity contribution >= 4 is 40.9 Å². The van der Waals surface area contributed by atoms with Crippen molar-refractivity contribution < 1.29 is 14.7 Å². The fourth-order valence-corrected chi connectivity index (χ4v) is 1.68. The molecule has 2 N–H and O–H groups in total. The Hall–Kier alpha value is -1.72. The number of carboxylic acid groups (broad SMARTS) is 1. The monoisotopic (exact) mass is 302 g/mol. The Bertz CT molecular complexity index is 506. The largest absolute Gasteiger partial charge is 0.480 e. The maximum Gasteiger partial charge on any atom is 0.323 e. The molecule has 1 aromatic rings. The lowest BCUT2D eigenvalue weighted by atomic mass is 10.3. The first-order valence-electron chi connectivity index (χ1n) is 5.28. The van der Waals surface area contributed by atoms with E-state index in [1.165, 1.54) is 6.08 Å². The van der Waals surface area contributed by atoms with E-state index >= 15 is 0 Å². The highest BCUT2D eigenvalue weighted by Gasteiger charge is 2.16. The third-order valence-corrected chi connectivity index (χ3v) is 2.97. The van der Waals surface area contributed by atoms with Crippen molar-refractivity contribution in [3.63, 3.8) is 0 Å². The van der Waals surface area contributed by atoms with E-state index in [2.05, 4.69) is 11.9 Å². The van der Waals surface area contributed by atoms with Gasteiger partial charge in [0.15, 0.2) is 0 Å². The number of halogens is 2. The van der Waals surface area contributed by atoms with E-state index < -0.39 is 18.5 Å². The molecule has 0 saturated carbocycles. The molecule has 102 valence electrons. The summed E-state index contributed by atoms with van der Waals surface area (Å²) in [6.45, 7) is 3.14. The van der Waals surface area contributed by atoms with Crippen LogP contribution in [0.25, 0.3) is 0 Å². The Morgan fingerprint density at radius 3 is 2.68 bits per heavy atom. The topological polar surface area (TPSA) is 69.6 Å². The second-order valence-electron chi connectivity index (χ2n) is 3.59. The Morgan fingerprint density at radius 1 is 1.42 bits per heavy atom. The highest BCUT2D eigenvalue weighted by molar-refractivity contribution is 6.43. The van der Waals surface area contributed by atoms with Gasteiger partial charge in [-0.3, -0.25) is 4.79 Å². The maximum atomic E-state index is 11.9. The summed E-state index contributed by atoms with van der Waals surface area (Å²) in [5.74, 6) is -1.12. The number of hydrogen-bond donors (Lipinski definition) is 2. The molecule has 0 aliphatic carbocycles. The molecule has 7 heteroatoms. The summed E-state index contributed by atoms with van der Waals surface area (Å²) >= 11 is 11.7. The molecule has 1 aromatic carbocycles. The van der Waals surface area contributed by atoms with Gasteiger partial charge in [0, 0.05) is 6.54 Å². The van der Waals surface area contributed by atoms with Crippen LogP contribution >= 0.6 is 23.2 Å². The van der Waals surface area contributed by atoms with Gasteiger partial charge in [-0.2, -0.15) is 0 Å². The van der Waals surface area contributed by atoms with Crippen LogP contribution in [-0.4, -0.2) is 35.1 Å². The molecule has 0 radical (unpaired) electrons. The molecule has 5 nitrogen and oxygen atoms in total. The van der Waals surface area contributed by atoms with Gasteiger partial charge in [-0.05, 0) is 12.1 Å². The van der Waals surface area contributed by atoms with Crippen LogP contribution < -0.4 is 5.32 Å². The number of benzene rings is 1. The molecule has 2 amide bonds. The number of anilines is 1. The van der Waals surface area contributed by atoms with E-state index in [1.807, 2.05) is 0 Å². The smallest absolute Gasteiger partial charge is 0.323 e. The molecule has 0 aliphatic heterocycles. The van der Waals surface area contributed by atoms with Crippen molar-refractivity contribution in [1.29, 1.82) is 0 Å². The van der Waals surface area contributed by atoms with Gasteiger partial charge >= 0.3 is 12.0 Å². The highest BCUT2D eigenvalue weighted by atomic mass is 35.5. The quantitative estimate of drug-likeness (QED) is 0.821. The normalized spacial score (nSPS) is 9.79. The predicted octanol–water partition coefficient (Wildman–Crippen LogP) is 3.10. The van der Waals surface area contributed by atoms with Gasteiger partial charge in [0.1, 0.15) is 6.54 Å². The van der Waals surface area contributed by atoms with Crippen LogP contribution in [0.3, 0.4) is 0 Å². The number of nitrogens with zero attached hydrogens (tertiary/aromatic N) is 1. The van der Waals surface area contributed by atoms with Crippen molar-refractivity contribution in [3.05, 3.63) is 40.9 Å². The summed E-state index contributed by atoms with van der Waals surface area (Å²) in [7, 11) is 0. The van der Waals surface area contributed by atoms with Crippen LogP contribution in [0.5, 0.6) is 0 Å². The van der Waals surface area contributed by atoms with E-state index in [0.717, 1.165) is 4.90 Å². The minimum Gasteiger partial charge on any atom is -0.480 e. The third kappa shape index (κ3) is 4.46. The number of urea groups is 1. The number of aliphatic carboxylic acids is 1. The fourth-order valence-electron chi connectivity index (χ4n) is 1.33. The van der Waals surface area contributed by atoms with Gasteiger partial charge < -0.3 is 15.3 Å². The molecule has 0 bridgehead atoms. The van der Waals surface area contributed by atoms with Gasteiger partial charge in [0.2, 0.25) is 0 Å². The minimum atomic E-state index is -1.12. The highest BCUT2D eigenvalue weighted by Crippen LogP contribution is 2.29. The molecular formula is C12H12Cl2N2O3. The van der Waals surface area contributed by atoms with Crippen LogP contribution in [0.2, 0.25) is 10.0 Å². The zero-order valence-electron chi connectivity index (χ0n) is 9.90. The summed E-state index contributed by atoms with van der Waals surface area (Å²) in [6.07, 6.45) is 1.43. The number of carbonyl (C=O) groups is 2. The first-order chi connectivity index (χ1) is 8.95. The van der Waals surface area contributed by atoms with E-state index in [4.69, 9.17) is 28.3 Å². The van der Waals surface area contributed by atoms with Crippen molar-refractivity contribution in [3.8, 4) is 0 Å². The molecule has 0 heterocycles. The first-order valence-corrected chi connectivity index (χ1v) is 6.04. The van der Waals surface area contributed by atoms with E-state index in [1.54, 1.807) is 18.2 Å². The molecule has 0 saturated heterocycles. The summed E-state index contributed by atoms with van der Waals surface area (Å²) in [6, 6.07) is 4.18. The van der Waals surface area contributed by atoms with Crippen molar-refractivity contribution in [2.24, 2.45) is 0 Å². The molecule has 0 atom stereocenters. The average molecular weight is 303 g/mol. The van der Waals surface area contributed by atoms with Crippen molar-refractivity contribution in [2.45, 2.75) is 0 Å². The lowest BCUT2D eigenvalue weighted by molar-refractivity contribution is -0.137. The Morgan fingerprint density at radius 2 is 2.11 bits per heavy atom. The third-order valence-electron chi connectivity index (χ3n) is 2.16. The average Bonchev–Trinajstić information content (AvgIpc) is 2.34. The van der Waals surface area contributed by atoms with Crippen molar-refractivity contribution in [2.75, 3.05) is 18.4 Å². The molecule has 0 aromatic heterocycles. The molecular weight excluding hydrogens is 291 g/mol. The van der Waals surface area contributed by atoms with Crippen LogP contribution in [0.4, 0.5) is 10.5 Å². The van der Waals surface area contributed by atoms with Gasteiger partial charge in [-0.15, -0.1) is 6.58 Å². The number of hydrogen-bond acceptors (Lipinski definition) is 2. The Balaban J connectivity index is 2.83. The van der Waals surface area contributed by atoms with E-state index in [0.29, 0.717) is 10.7 Å². The number of carbonyl (C=O) groups excluding carboxylic acids is 1. The summed E-state index contributed by atoms with van der Waals surface area (Å²) < 4.78 is 0. The van der Waals surface area contributed by atoms with Crippen LogP contribution in [0.1, 0.15) is 0 Å². The SMILES string of the molecule is C=CCN(CC(=O)O)C(=O)Nc1cccc(Cl)c1Cl. The molecule has 0 fully saturated rings. The van der Waals surface area contributed by atoms with Crippen LogP contribution in [0.15, 0.2) is 30.9 Å². The molecule has 0 aliphatic rings. The molecule has 1 rings (SSSR count). The lowest BCUT2D eigenvalue weighted by Crippen LogP contribution is -2.38. The predicted molar refractivity (Wildman–Crippen MR) is 74.9 cm³/mol. The zero-order chi connectivity index (χ0) is 14.4. The fraction of sp³-hybridized carbons (Fsp3) is 0.167. The number of nitrogens with one attached hydrogen (secondary N) is 1. The standard InChI is InChI=1S/C12H12Cl2N2O3/c1-2-6-16(7-10(17)18)12(19)15-9-5-3-4-8(13)11(9)14/h2-5H,1,6-7H2,(H,15,19)(H,17,18). The summed E-state index contributed by atoms with van der Waals surface area (Å²) in [5, 5.41) is 11.7. The van der Waals surface area contributed by atoms with Gasteiger partial charge in [0.25, 0.3) is 0 Å². The summed E-state index contributed by atoms with van der Waals surface area (Å²) in [4.78, 5) is 23.6.